The fourth-order valence-corrected chi connectivity index (χ4v) is 1.46. The van der Waals surface area contributed by atoms with Gasteiger partial charge in [-0.25, -0.2) is 9.18 Å². The third-order valence-electron chi connectivity index (χ3n) is 2.50. The van der Waals surface area contributed by atoms with Gasteiger partial charge in [0.1, 0.15) is 11.6 Å². The number of hydrogen-bond acceptors (Lipinski definition) is 4. The maximum atomic E-state index is 13.2. The molecule has 7 heteroatoms. The second-order valence-electron chi connectivity index (χ2n) is 3.89. The molecule has 1 atom stereocenters. The third-order valence-corrected chi connectivity index (χ3v) is 2.50. The molecule has 1 unspecified atom stereocenters. The van der Waals surface area contributed by atoms with Crippen LogP contribution in [0.25, 0.3) is 0 Å². The van der Waals surface area contributed by atoms with Gasteiger partial charge in [-0.15, -0.1) is 0 Å². The minimum Gasteiger partial charge on any atom is -0.483 e. The van der Waals surface area contributed by atoms with Gasteiger partial charge in [-0.2, -0.15) is 0 Å². The molecule has 1 rings (SSSR count). The van der Waals surface area contributed by atoms with Crippen LogP contribution in [0.15, 0.2) is 18.2 Å². The number of benzene rings is 1. The molecule has 0 spiro atoms. The Kier molecular flexibility index (Phi) is 5.25. The van der Waals surface area contributed by atoms with E-state index in [1.165, 1.54) is 12.1 Å². The molecule has 0 aliphatic heterocycles. The van der Waals surface area contributed by atoms with Gasteiger partial charge >= 0.3 is 6.03 Å². The number of hydrogen-bond donors (Lipinski definition) is 3. The van der Waals surface area contributed by atoms with Gasteiger partial charge < -0.3 is 15.8 Å². The fourth-order valence-electron chi connectivity index (χ4n) is 1.46. The summed E-state index contributed by atoms with van der Waals surface area (Å²) < 4.78 is 18.4. The Labute approximate surface area is 110 Å². The highest BCUT2D eigenvalue weighted by atomic mass is 19.1. The van der Waals surface area contributed by atoms with Crippen molar-refractivity contribution in [3.63, 3.8) is 0 Å². The predicted molar refractivity (Wildman–Crippen MR) is 67.1 cm³/mol. The van der Waals surface area contributed by atoms with Gasteiger partial charge in [0.2, 0.25) is 0 Å². The summed E-state index contributed by atoms with van der Waals surface area (Å²) in [5, 5.41) is 4.84. The molecule has 104 valence electrons. The summed E-state index contributed by atoms with van der Waals surface area (Å²) in [6.07, 6.45) is 0. The van der Waals surface area contributed by atoms with E-state index < -0.39 is 24.4 Å². The molecule has 0 aliphatic carbocycles. The number of halogens is 1. The largest absolute Gasteiger partial charge is 0.483 e. The third kappa shape index (κ3) is 4.55. The molecule has 1 aromatic carbocycles. The second kappa shape index (κ2) is 6.69. The van der Waals surface area contributed by atoms with Crippen LogP contribution in [0.2, 0.25) is 0 Å². The summed E-state index contributed by atoms with van der Waals surface area (Å²) in [4.78, 5) is 21.7. The molecular formula is C12H16FN3O3. The molecule has 0 heterocycles. The predicted octanol–water partition coefficient (Wildman–Crippen LogP) is 0.680. The van der Waals surface area contributed by atoms with Crippen molar-refractivity contribution >= 4 is 11.9 Å². The highest BCUT2D eigenvalue weighted by Crippen LogP contribution is 2.25. The van der Waals surface area contributed by atoms with Gasteiger partial charge in [-0.1, -0.05) is 6.07 Å². The summed E-state index contributed by atoms with van der Waals surface area (Å²) in [6, 6.07) is 3.02. The average molecular weight is 269 g/mol. The standard InChI is InChI=1S/C12H16FN3O3/c1-7(15-2)9-4-3-8(13)5-10(9)19-6-11(17)16-12(14)18/h3-5,7,15H,6H2,1-2H3,(H3,14,16,17,18). The van der Waals surface area contributed by atoms with Crippen LogP contribution in [0.1, 0.15) is 18.5 Å². The van der Waals surface area contributed by atoms with Crippen LogP contribution >= 0.6 is 0 Å². The van der Waals surface area contributed by atoms with E-state index in [2.05, 4.69) is 5.32 Å². The summed E-state index contributed by atoms with van der Waals surface area (Å²) in [5.41, 5.74) is 5.49. The average Bonchev–Trinajstić information content (AvgIpc) is 2.34. The van der Waals surface area contributed by atoms with Gasteiger partial charge in [-0.05, 0) is 20.0 Å². The maximum Gasteiger partial charge on any atom is 0.318 e. The van der Waals surface area contributed by atoms with Crippen LogP contribution in [-0.2, 0) is 4.79 Å². The number of imide groups is 1. The summed E-state index contributed by atoms with van der Waals surface area (Å²) in [7, 11) is 1.75. The number of ether oxygens (including phenoxy) is 1. The number of urea groups is 1. The Hall–Kier alpha value is -2.15. The number of nitrogens with one attached hydrogen (secondary N) is 2. The molecule has 0 bridgehead atoms. The van der Waals surface area contributed by atoms with Crippen LogP contribution in [0, 0.1) is 5.82 Å². The Morgan fingerprint density at radius 2 is 2.16 bits per heavy atom. The van der Waals surface area contributed by atoms with E-state index in [9.17, 15) is 14.0 Å². The quantitative estimate of drug-likeness (QED) is 0.732. The van der Waals surface area contributed by atoms with Gasteiger partial charge in [0.25, 0.3) is 5.91 Å². The molecule has 1 aromatic rings. The molecule has 6 nitrogen and oxygen atoms in total. The van der Waals surface area contributed by atoms with Crippen LogP contribution in [-0.4, -0.2) is 25.6 Å². The zero-order valence-corrected chi connectivity index (χ0v) is 10.7. The normalized spacial score (nSPS) is 11.7. The Balaban J connectivity index is 2.78. The van der Waals surface area contributed by atoms with Crippen molar-refractivity contribution in [2.45, 2.75) is 13.0 Å². The van der Waals surface area contributed by atoms with Crippen molar-refractivity contribution in [3.05, 3.63) is 29.6 Å². The first-order valence-electron chi connectivity index (χ1n) is 5.62. The minimum absolute atomic E-state index is 0.0743. The molecular weight excluding hydrogens is 253 g/mol. The molecule has 3 amide bonds. The van der Waals surface area contributed by atoms with E-state index in [4.69, 9.17) is 10.5 Å². The van der Waals surface area contributed by atoms with E-state index in [1.54, 1.807) is 13.1 Å². The summed E-state index contributed by atoms with van der Waals surface area (Å²) in [6.45, 7) is 1.44. The van der Waals surface area contributed by atoms with E-state index in [0.29, 0.717) is 5.56 Å². The zero-order chi connectivity index (χ0) is 14.4. The molecule has 0 saturated carbocycles. The lowest BCUT2D eigenvalue weighted by Crippen LogP contribution is -2.38. The lowest BCUT2D eigenvalue weighted by atomic mass is 10.1. The number of nitrogens with two attached hydrogens (primary N) is 1. The van der Waals surface area contributed by atoms with Gasteiger partial charge in [0.15, 0.2) is 6.61 Å². The van der Waals surface area contributed by atoms with Crippen molar-refractivity contribution in [3.8, 4) is 5.75 Å². The molecule has 0 aliphatic rings. The SMILES string of the molecule is CNC(C)c1ccc(F)cc1OCC(=O)NC(N)=O. The topological polar surface area (TPSA) is 93.4 Å². The van der Waals surface area contributed by atoms with Crippen molar-refractivity contribution in [1.29, 1.82) is 0 Å². The smallest absolute Gasteiger partial charge is 0.318 e. The maximum absolute atomic E-state index is 13.2. The molecule has 0 radical (unpaired) electrons. The van der Waals surface area contributed by atoms with Crippen LogP contribution in [0.4, 0.5) is 9.18 Å². The molecule has 0 aromatic heterocycles. The van der Waals surface area contributed by atoms with Gasteiger partial charge in [0, 0.05) is 17.7 Å². The van der Waals surface area contributed by atoms with Gasteiger partial charge in [0.05, 0.1) is 0 Å². The lowest BCUT2D eigenvalue weighted by molar-refractivity contribution is -0.121. The van der Waals surface area contributed by atoms with Crippen molar-refractivity contribution in [2.75, 3.05) is 13.7 Å². The number of carbonyl (C=O) groups is 2. The monoisotopic (exact) mass is 269 g/mol. The molecule has 0 saturated heterocycles. The Morgan fingerprint density at radius 1 is 1.47 bits per heavy atom. The lowest BCUT2D eigenvalue weighted by Gasteiger charge is -2.16. The highest BCUT2D eigenvalue weighted by Gasteiger charge is 2.13. The molecule has 19 heavy (non-hydrogen) atoms. The highest BCUT2D eigenvalue weighted by molar-refractivity contribution is 5.94. The van der Waals surface area contributed by atoms with Crippen molar-refractivity contribution < 1.29 is 18.7 Å². The Bertz CT molecular complexity index is 479. The van der Waals surface area contributed by atoms with E-state index >= 15 is 0 Å². The van der Waals surface area contributed by atoms with E-state index in [1.807, 2.05) is 12.2 Å². The number of primary amides is 1. The minimum atomic E-state index is -0.961. The fraction of sp³-hybridized carbons (Fsp3) is 0.333. The first-order valence-corrected chi connectivity index (χ1v) is 5.62. The molecule has 0 fully saturated rings. The Morgan fingerprint density at radius 3 is 2.74 bits per heavy atom. The van der Waals surface area contributed by atoms with Crippen LogP contribution < -0.4 is 21.1 Å². The van der Waals surface area contributed by atoms with Crippen LogP contribution in [0.5, 0.6) is 5.75 Å². The summed E-state index contributed by atoms with van der Waals surface area (Å²) >= 11 is 0. The first-order chi connectivity index (χ1) is 8.93. The zero-order valence-electron chi connectivity index (χ0n) is 10.7. The van der Waals surface area contributed by atoms with Crippen molar-refractivity contribution in [2.24, 2.45) is 5.73 Å². The number of carbonyl (C=O) groups excluding carboxylic acids is 2. The first kappa shape index (κ1) is 14.9. The summed E-state index contributed by atoms with van der Waals surface area (Å²) in [5.74, 6) is -0.932. The van der Waals surface area contributed by atoms with Crippen molar-refractivity contribution in [1.82, 2.24) is 10.6 Å². The van der Waals surface area contributed by atoms with Crippen LogP contribution in [0.3, 0.4) is 0 Å². The van der Waals surface area contributed by atoms with E-state index in [0.717, 1.165) is 0 Å². The number of amides is 3. The molecule has 4 N–H and O–H groups in total. The number of rotatable bonds is 5. The van der Waals surface area contributed by atoms with E-state index in [-0.39, 0.29) is 11.8 Å². The second-order valence-corrected chi connectivity index (χ2v) is 3.89. The van der Waals surface area contributed by atoms with Gasteiger partial charge in [-0.3, -0.25) is 10.1 Å².